The van der Waals surface area contributed by atoms with Gasteiger partial charge in [-0.25, -0.2) is 4.79 Å². The van der Waals surface area contributed by atoms with Crippen molar-refractivity contribution in [2.24, 2.45) is 0 Å². The van der Waals surface area contributed by atoms with Crippen LogP contribution in [0.5, 0.6) is 0 Å². The highest BCUT2D eigenvalue weighted by Crippen LogP contribution is 2.34. The maximum absolute atomic E-state index is 12.0. The summed E-state index contributed by atoms with van der Waals surface area (Å²) in [4.78, 5) is 14.2. The molecule has 1 aromatic carbocycles. The second kappa shape index (κ2) is 6.17. The van der Waals surface area contributed by atoms with E-state index < -0.39 is 11.5 Å². The molecule has 19 heavy (non-hydrogen) atoms. The first kappa shape index (κ1) is 14.0. The SMILES string of the molecule is CCCC(C(=O)O)(c1ccccc1)N1CCNCC1. The van der Waals surface area contributed by atoms with Crippen molar-refractivity contribution in [2.75, 3.05) is 26.2 Å². The average Bonchev–Trinajstić information content (AvgIpc) is 2.46. The maximum atomic E-state index is 12.0. The fourth-order valence-corrected chi connectivity index (χ4v) is 2.97. The monoisotopic (exact) mass is 262 g/mol. The Morgan fingerprint density at radius 1 is 1.32 bits per heavy atom. The van der Waals surface area contributed by atoms with E-state index in [0.717, 1.165) is 38.2 Å². The highest BCUT2D eigenvalue weighted by molar-refractivity contribution is 5.80. The van der Waals surface area contributed by atoms with Crippen LogP contribution < -0.4 is 5.32 Å². The predicted molar refractivity (Wildman–Crippen MR) is 75.1 cm³/mol. The van der Waals surface area contributed by atoms with E-state index in [-0.39, 0.29) is 0 Å². The summed E-state index contributed by atoms with van der Waals surface area (Å²) < 4.78 is 0. The first-order valence-corrected chi connectivity index (χ1v) is 6.96. The minimum absolute atomic E-state index is 0.645. The molecular formula is C15H22N2O2. The second-order valence-corrected chi connectivity index (χ2v) is 5.02. The summed E-state index contributed by atoms with van der Waals surface area (Å²) in [6, 6.07) is 9.65. The molecule has 4 nitrogen and oxygen atoms in total. The van der Waals surface area contributed by atoms with Gasteiger partial charge in [0.25, 0.3) is 0 Å². The minimum atomic E-state index is -0.877. The van der Waals surface area contributed by atoms with Gasteiger partial charge in [-0.1, -0.05) is 43.7 Å². The zero-order chi connectivity index (χ0) is 13.7. The molecule has 0 radical (unpaired) electrons. The first-order valence-electron chi connectivity index (χ1n) is 6.96. The van der Waals surface area contributed by atoms with E-state index in [1.54, 1.807) is 0 Å². The Kier molecular flexibility index (Phi) is 4.56. The minimum Gasteiger partial charge on any atom is -0.480 e. The van der Waals surface area contributed by atoms with Crippen molar-refractivity contribution in [1.29, 1.82) is 0 Å². The van der Waals surface area contributed by atoms with Crippen molar-refractivity contribution in [1.82, 2.24) is 10.2 Å². The molecule has 0 spiro atoms. The van der Waals surface area contributed by atoms with Gasteiger partial charge in [-0.3, -0.25) is 4.90 Å². The fourth-order valence-electron chi connectivity index (χ4n) is 2.97. The maximum Gasteiger partial charge on any atom is 0.328 e. The van der Waals surface area contributed by atoms with Crippen LogP contribution in [0, 0.1) is 0 Å². The van der Waals surface area contributed by atoms with Gasteiger partial charge in [-0.05, 0) is 12.0 Å². The Labute approximate surface area is 114 Å². The number of hydrogen-bond acceptors (Lipinski definition) is 3. The van der Waals surface area contributed by atoms with Crippen LogP contribution in [-0.2, 0) is 10.3 Å². The second-order valence-electron chi connectivity index (χ2n) is 5.02. The largest absolute Gasteiger partial charge is 0.480 e. The highest BCUT2D eigenvalue weighted by Gasteiger charge is 2.45. The molecule has 104 valence electrons. The highest BCUT2D eigenvalue weighted by atomic mass is 16.4. The lowest BCUT2D eigenvalue weighted by atomic mass is 9.83. The van der Waals surface area contributed by atoms with Gasteiger partial charge < -0.3 is 10.4 Å². The summed E-state index contributed by atoms with van der Waals surface area (Å²) in [5.41, 5.74) is 0.0178. The van der Waals surface area contributed by atoms with Crippen molar-refractivity contribution < 1.29 is 9.90 Å². The molecule has 0 aromatic heterocycles. The van der Waals surface area contributed by atoms with Crippen LogP contribution >= 0.6 is 0 Å². The zero-order valence-electron chi connectivity index (χ0n) is 11.4. The summed E-state index contributed by atoms with van der Waals surface area (Å²) in [5.74, 6) is -0.734. The number of carboxylic acid groups (broad SMARTS) is 1. The number of nitrogens with one attached hydrogen (secondary N) is 1. The number of nitrogens with zero attached hydrogens (tertiary/aromatic N) is 1. The van der Waals surface area contributed by atoms with Gasteiger partial charge in [0.05, 0.1) is 0 Å². The summed E-state index contributed by atoms with van der Waals surface area (Å²) in [6.45, 7) is 5.31. The number of piperazine rings is 1. The van der Waals surface area contributed by atoms with Crippen molar-refractivity contribution in [3.05, 3.63) is 35.9 Å². The Hall–Kier alpha value is -1.39. The summed E-state index contributed by atoms with van der Waals surface area (Å²) in [6.07, 6.45) is 1.50. The van der Waals surface area contributed by atoms with E-state index in [9.17, 15) is 9.90 Å². The standard InChI is InChI=1S/C15H22N2O2/c1-2-8-15(14(18)19,13-6-4-3-5-7-13)17-11-9-16-10-12-17/h3-7,16H,2,8-12H2,1H3,(H,18,19). The Morgan fingerprint density at radius 3 is 2.47 bits per heavy atom. The molecule has 1 atom stereocenters. The quantitative estimate of drug-likeness (QED) is 0.847. The first-order chi connectivity index (χ1) is 9.21. The van der Waals surface area contributed by atoms with E-state index in [4.69, 9.17) is 0 Å². The number of benzene rings is 1. The van der Waals surface area contributed by atoms with Gasteiger partial charge >= 0.3 is 5.97 Å². The normalized spacial score (nSPS) is 19.8. The van der Waals surface area contributed by atoms with Crippen LogP contribution in [0.25, 0.3) is 0 Å². The van der Waals surface area contributed by atoms with Crippen LogP contribution in [0.2, 0.25) is 0 Å². The summed E-state index contributed by atoms with van der Waals surface area (Å²) in [7, 11) is 0. The Balaban J connectivity index is 2.43. The molecule has 1 unspecified atom stereocenters. The summed E-state index contributed by atoms with van der Waals surface area (Å²) >= 11 is 0. The van der Waals surface area contributed by atoms with Crippen molar-refractivity contribution in [3.63, 3.8) is 0 Å². The van der Waals surface area contributed by atoms with Crippen molar-refractivity contribution in [3.8, 4) is 0 Å². The number of rotatable bonds is 5. The molecule has 1 heterocycles. The Bertz CT molecular complexity index is 415. The number of aliphatic carboxylic acids is 1. The van der Waals surface area contributed by atoms with E-state index in [2.05, 4.69) is 10.2 Å². The number of hydrogen-bond donors (Lipinski definition) is 2. The van der Waals surface area contributed by atoms with Crippen LogP contribution in [0.4, 0.5) is 0 Å². The number of carboxylic acids is 1. The summed E-state index contributed by atoms with van der Waals surface area (Å²) in [5, 5.41) is 13.2. The average molecular weight is 262 g/mol. The van der Waals surface area contributed by atoms with Gasteiger partial charge in [0, 0.05) is 26.2 Å². The molecule has 1 aliphatic rings. The smallest absolute Gasteiger partial charge is 0.328 e. The van der Waals surface area contributed by atoms with Crippen LogP contribution in [0.1, 0.15) is 25.3 Å². The molecular weight excluding hydrogens is 240 g/mol. The molecule has 1 fully saturated rings. The number of carbonyl (C=O) groups is 1. The molecule has 0 bridgehead atoms. The van der Waals surface area contributed by atoms with Gasteiger partial charge in [0.1, 0.15) is 5.54 Å². The fraction of sp³-hybridized carbons (Fsp3) is 0.533. The van der Waals surface area contributed by atoms with Gasteiger partial charge in [0.2, 0.25) is 0 Å². The van der Waals surface area contributed by atoms with Crippen LogP contribution in [-0.4, -0.2) is 42.2 Å². The molecule has 1 aromatic rings. The third kappa shape index (κ3) is 2.65. The van der Waals surface area contributed by atoms with E-state index in [0.29, 0.717) is 6.42 Å². The van der Waals surface area contributed by atoms with Crippen molar-refractivity contribution in [2.45, 2.75) is 25.3 Å². The van der Waals surface area contributed by atoms with Crippen LogP contribution in [0.3, 0.4) is 0 Å². The Morgan fingerprint density at radius 2 is 1.95 bits per heavy atom. The molecule has 0 amide bonds. The lowest BCUT2D eigenvalue weighted by molar-refractivity contribution is -0.154. The zero-order valence-corrected chi connectivity index (χ0v) is 11.4. The van der Waals surface area contributed by atoms with Crippen molar-refractivity contribution >= 4 is 5.97 Å². The van der Waals surface area contributed by atoms with Gasteiger partial charge in [0.15, 0.2) is 0 Å². The molecule has 0 saturated carbocycles. The molecule has 2 rings (SSSR count). The molecule has 4 heteroatoms. The molecule has 0 aliphatic carbocycles. The molecule has 1 aliphatic heterocycles. The van der Waals surface area contributed by atoms with Crippen LogP contribution in [0.15, 0.2) is 30.3 Å². The lowest BCUT2D eigenvalue weighted by Crippen LogP contribution is -2.58. The van der Waals surface area contributed by atoms with E-state index >= 15 is 0 Å². The third-order valence-corrected chi connectivity index (χ3v) is 3.87. The topological polar surface area (TPSA) is 52.6 Å². The molecule has 1 saturated heterocycles. The molecule has 2 N–H and O–H groups in total. The van der Waals surface area contributed by atoms with E-state index in [1.165, 1.54) is 0 Å². The van der Waals surface area contributed by atoms with Gasteiger partial charge in [-0.15, -0.1) is 0 Å². The van der Waals surface area contributed by atoms with E-state index in [1.807, 2.05) is 37.3 Å². The third-order valence-electron chi connectivity index (χ3n) is 3.87. The lowest BCUT2D eigenvalue weighted by Gasteiger charge is -2.43. The van der Waals surface area contributed by atoms with Gasteiger partial charge in [-0.2, -0.15) is 0 Å². The predicted octanol–water partition coefficient (Wildman–Crippen LogP) is 1.67.